The molecule has 0 radical (unpaired) electrons. The van der Waals surface area contributed by atoms with Gasteiger partial charge in [-0.25, -0.2) is 4.79 Å². The van der Waals surface area contributed by atoms with Crippen LogP contribution in [0.5, 0.6) is 11.5 Å². The highest BCUT2D eigenvalue weighted by Crippen LogP contribution is 2.34. The number of ether oxygens (including phenoxy) is 2. The largest absolute Gasteiger partial charge is 0.452 e. The second kappa shape index (κ2) is 9.62. The fraction of sp³-hybridized carbons (Fsp3) is 0.375. The Morgan fingerprint density at radius 2 is 1.74 bits per heavy atom. The Bertz CT molecular complexity index is 1110. The standard InChI is InChI=1S/C24H27NO5.ClH/c1-15(26)24(28-17-9-6-8-16(14-17)25(2)3)30-21-13-7-12-20-22(21)18-10-4-5-11-19(18)23(27)29-20;/h6-9,12-15,24,26H,4-5,10-11H2,1-3H3;1H. The summed E-state index contributed by atoms with van der Waals surface area (Å²) in [4.78, 5) is 14.3. The molecule has 0 fully saturated rings. The summed E-state index contributed by atoms with van der Waals surface area (Å²) in [6, 6.07) is 13.0. The third-order valence-electron chi connectivity index (χ3n) is 5.43. The smallest absolute Gasteiger partial charge is 0.339 e. The van der Waals surface area contributed by atoms with E-state index in [0.29, 0.717) is 17.1 Å². The second-order valence-electron chi connectivity index (χ2n) is 7.92. The van der Waals surface area contributed by atoms with Gasteiger partial charge in [0.1, 0.15) is 23.2 Å². The number of aryl methyl sites for hydroxylation is 1. The highest BCUT2D eigenvalue weighted by atomic mass is 35.5. The van der Waals surface area contributed by atoms with Crippen LogP contribution in [0.15, 0.2) is 51.7 Å². The second-order valence-corrected chi connectivity index (χ2v) is 7.92. The monoisotopic (exact) mass is 445 g/mol. The van der Waals surface area contributed by atoms with Crippen molar-refractivity contribution in [1.82, 2.24) is 0 Å². The first-order chi connectivity index (χ1) is 14.4. The minimum absolute atomic E-state index is 0. The fourth-order valence-corrected chi connectivity index (χ4v) is 3.87. The van der Waals surface area contributed by atoms with E-state index in [1.54, 1.807) is 19.1 Å². The van der Waals surface area contributed by atoms with Gasteiger partial charge in [0, 0.05) is 31.4 Å². The van der Waals surface area contributed by atoms with Gasteiger partial charge in [-0.1, -0.05) is 12.1 Å². The molecule has 0 amide bonds. The van der Waals surface area contributed by atoms with Crippen molar-refractivity contribution in [2.24, 2.45) is 0 Å². The third-order valence-corrected chi connectivity index (χ3v) is 5.43. The van der Waals surface area contributed by atoms with Crippen LogP contribution in [0.2, 0.25) is 0 Å². The Morgan fingerprint density at radius 3 is 2.45 bits per heavy atom. The maximum absolute atomic E-state index is 12.4. The molecule has 1 aliphatic carbocycles. The summed E-state index contributed by atoms with van der Waals surface area (Å²) in [5.74, 6) is 1.14. The highest BCUT2D eigenvalue weighted by molar-refractivity contribution is 5.88. The van der Waals surface area contributed by atoms with E-state index in [0.717, 1.165) is 47.9 Å². The van der Waals surface area contributed by atoms with Gasteiger partial charge in [-0.2, -0.15) is 0 Å². The van der Waals surface area contributed by atoms with E-state index >= 15 is 0 Å². The number of rotatable bonds is 6. The van der Waals surface area contributed by atoms with E-state index in [1.165, 1.54) is 0 Å². The molecule has 1 heterocycles. The zero-order valence-corrected chi connectivity index (χ0v) is 18.8. The molecule has 0 saturated heterocycles. The first-order valence-electron chi connectivity index (χ1n) is 10.3. The predicted molar refractivity (Wildman–Crippen MR) is 124 cm³/mol. The van der Waals surface area contributed by atoms with Crippen LogP contribution in [0.3, 0.4) is 0 Å². The van der Waals surface area contributed by atoms with Gasteiger partial charge in [-0.3, -0.25) is 0 Å². The minimum Gasteiger partial charge on any atom is -0.452 e. The van der Waals surface area contributed by atoms with Crippen LogP contribution in [0.4, 0.5) is 5.69 Å². The van der Waals surface area contributed by atoms with Crippen molar-refractivity contribution in [2.45, 2.75) is 45.0 Å². The van der Waals surface area contributed by atoms with Crippen LogP contribution in [0, 0.1) is 0 Å². The van der Waals surface area contributed by atoms with E-state index in [4.69, 9.17) is 13.9 Å². The highest BCUT2D eigenvalue weighted by Gasteiger charge is 2.24. The Balaban J connectivity index is 0.00000272. The number of nitrogens with zero attached hydrogens (tertiary/aromatic N) is 1. The minimum atomic E-state index is -0.917. The molecule has 166 valence electrons. The van der Waals surface area contributed by atoms with Gasteiger partial charge in [-0.05, 0) is 62.4 Å². The number of halogens is 1. The molecule has 6 nitrogen and oxygen atoms in total. The Morgan fingerprint density at radius 1 is 1.03 bits per heavy atom. The van der Waals surface area contributed by atoms with Crippen LogP contribution < -0.4 is 20.0 Å². The summed E-state index contributed by atoms with van der Waals surface area (Å²) in [6.07, 6.45) is 1.73. The molecule has 3 aromatic rings. The summed E-state index contributed by atoms with van der Waals surface area (Å²) in [7, 11) is 3.91. The van der Waals surface area contributed by atoms with Crippen molar-refractivity contribution in [3.63, 3.8) is 0 Å². The lowest BCUT2D eigenvalue weighted by molar-refractivity contribution is -0.0770. The molecule has 1 aliphatic rings. The van der Waals surface area contributed by atoms with Crippen LogP contribution >= 0.6 is 12.4 Å². The summed E-state index contributed by atoms with van der Waals surface area (Å²) in [6.45, 7) is 1.63. The SMILES string of the molecule is CC(O)C(Oc1cccc(N(C)C)c1)Oc1cccc2oc(=O)c3c(c12)CCCC3.Cl. The van der Waals surface area contributed by atoms with Gasteiger partial charge < -0.3 is 23.9 Å². The maximum Gasteiger partial charge on any atom is 0.339 e. The van der Waals surface area contributed by atoms with Crippen LogP contribution in [0.25, 0.3) is 11.0 Å². The van der Waals surface area contributed by atoms with E-state index < -0.39 is 12.4 Å². The van der Waals surface area contributed by atoms with Gasteiger partial charge in [0.05, 0.1) is 5.39 Å². The van der Waals surface area contributed by atoms with E-state index in [9.17, 15) is 9.90 Å². The predicted octanol–water partition coefficient (Wildman–Crippen LogP) is 4.32. The Hall–Kier alpha value is -2.70. The molecule has 2 unspecified atom stereocenters. The normalized spacial score (nSPS) is 14.8. The molecule has 1 aromatic heterocycles. The lowest BCUT2D eigenvalue weighted by Crippen LogP contribution is -2.35. The number of fused-ring (bicyclic) bond motifs is 3. The van der Waals surface area contributed by atoms with Gasteiger partial charge in [0.2, 0.25) is 0 Å². The molecular weight excluding hydrogens is 418 g/mol. The molecule has 1 N–H and O–H groups in total. The molecule has 2 aromatic carbocycles. The van der Waals surface area contributed by atoms with Gasteiger partial charge in [-0.15, -0.1) is 12.4 Å². The van der Waals surface area contributed by atoms with Crippen molar-refractivity contribution in [2.75, 3.05) is 19.0 Å². The first kappa shape index (κ1) is 23.0. The van der Waals surface area contributed by atoms with Crippen molar-refractivity contribution < 1.29 is 19.0 Å². The zero-order valence-electron chi connectivity index (χ0n) is 18.0. The number of hydrogen-bond acceptors (Lipinski definition) is 6. The lowest BCUT2D eigenvalue weighted by atomic mass is 9.90. The fourth-order valence-electron chi connectivity index (χ4n) is 3.87. The van der Waals surface area contributed by atoms with Crippen molar-refractivity contribution in [1.29, 1.82) is 0 Å². The van der Waals surface area contributed by atoms with Gasteiger partial charge >= 0.3 is 5.63 Å². The molecule has 0 saturated carbocycles. The molecule has 0 bridgehead atoms. The summed E-state index contributed by atoms with van der Waals surface area (Å²) < 4.78 is 17.7. The Labute approximate surface area is 187 Å². The first-order valence-corrected chi connectivity index (χ1v) is 10.3. The van der Waals surface area contributed by atoms with Crippen molar-refractivity contribution in [3.8, 4) is 11.5 Å². The van der Waals surface area contributed by atoms with Gasteiger partial charge in [0.15, 0.2) is 0 Å². The van der Waals surface area contributed by atoms with Crippen molar-refractivity contribution >= 4 is 29.1 Å². The molecule has 0 aliphatic heterocycles. The zero-order chi connectivity index (χ0) is 21.3. The number of anilines is 1. The van der Waals surface area contributed by atoms with E-state index in [-0.39, 0.29) is 18.0 Å². The number of hydrogen-bond donors (Lipinski definition) is 1. The average molecular weight is 446 g/mol. The quantitative estimate of drug-likeness (QED) is 0.450. The Kier molecular flexibility index (Phi) is 7.13. The summed E-state index contributed by atoms with van der Waals surface area (Å²) in [5, 5.41) is 11.1. The molecular formula is C24H28ClNO5. The summed E-state index contributed by atoms with van der Waals surface area (Å²) in [5.41, 5.74) is 2.94. The number of aliphatic hydroxyl groups is 1. The third kappa shape index (κ3) is 4.81. The average Bonchev–Trinajstić information content (AvgIpc) is 2.73. The number of aliphatic hydroxyl groups excluding tert-OH is 1. The van der Waals surface area contributed by atoms with Crippen LogP contribution in [0.1, 0.15) is 30.9 Å². The molecule has 4 rings (SSSR count). The lowest BCUT2D eigenvalue weighted by Gasteiger charge is -2.25. The summed E-state index contributed by atoms with van der Waals surface area (Å²) >= 11 is 0. The van der Waals surface area contributed by atoms with Crippen LogP contribution in [-0.2, 0) is 12.8 Å². The molecule has 2 atom stereocenters. The van der Waals surface area contributed by atoms with Crippen LogP contribution in [-0.4, -0.2) is 31.6 Å². The van der Waals surface area contributed by atoms with E-state index in [2.05, 4.69) is 0 Å². The number of benzene rings is 2. The van der Waals surface area contributed by atoms with E-state index in [1.807, 2.05) is 49.3 Å². The van der Waals surface area contributed by atoms with Gasteiger partial charge in [0.25, 0.3) is 6.29 Å². The molecule has 0 spiro atoms. The topological polar surface area (TPSA) is 72.1 Å². The van der Waals surface area contributed by atoms with Crippen molar-refractivity contribution in [3.05, 3.63) is 64.0 Å². The maximum atomic E-state index is 12.4. The molecule has 31 heavy (non-hydrogen) atoms. The molecule has 7 heteroatoms.